The van der Waals surface area contributed by atoms with Crippen molar-refractivity contribution in [3.05, 3.63) is 59.4 Å². The second kappa shape index (κ2) is 8.38. The number of nitrogen functional groups attached to an aromatic ring is 1. The summed E-state index contributed by atoms with van der Waals surface area (Å²) < 4.78 is 0. The highest BCUT2D eigenvalue weighted by molar-refractivity contribution is 6.30. The standard InChI is InChI=1S/C23H27ClN6/c24-18-2-1-3-19(13-18)30-7-6-20(15-30)29-10-8-28(9-11-29)14-17-4-5-21-22(12-17)26-16-27-23(21)25/h1-5,12-13,16,20H,6-11,14-15H2,(H2,25,26,27). The minimum absolute atomic E-state index is 0.545. The van der Waals surface area contributed by atoms with Crippen LogP contribution in [0.5, 0.6) is 0 Å². The summed E-state index contributed by atoms with van der Waals surface area (Å²) in [7, 11) is 0. The Kier molecular flexibility index (Phi) is 5.46. The second-order valence-corrected chi connectivity index (χ2v) is 8.73. The van der Waals surface area contributed by atoms with E-state index in [-0.39, 0.29) is 0 Å². The van der Waals surface area contributed by atoms with Crippen LogP contribution in [0.1, 0.15) is 12.0 Å². The maximum Gasteiger partial charge on any atom is 0.134 e. The molecule has 0 aliphatic carbocycles. The van der Waals surface area contributed by atoms with Gasteiger partial charge in [0.25, 0.3) is 0 Å². The minimum Gasteiger partial charge on any atom is -0.383 e. The Morgan fingerprint density at radius 1 is 1.00 bits per heavy atom. The lowest BCUT2D eigenvalue weighted by Gasteiger charge is -2.38. The van der Waals surface area contributed by atoms with Crippen LogP contribution in [0.4, 0.5) is 11.5 Å². The van der Waals surface area contributed by atoms with Crippen molar-refractivity contribution in [1.29, 1.82) is 0 Å². The number of hydrogen-bond donors (Lipinski definition) is 1. The molecule has 156 valence electrons. The highest BCUT2D eigenvalue weighted by Crippen LogP contribution is 2.26. The fourth-order valence-corrected chi connectivity index (χ4v) is 4.90. The monoisotopic (exact) mass is 422 g/mol. The summed E-state index contributed by atoms with van der Waals surface area (Å²) in [6, 6.07) is 15.2. The van der Waals surface area contributed by atoms with Crippen LogP contribution >= 0.6 is 11.6 Å². The van der Waals surface area contributed by atoms with Crippen molar-refractivity contribution in [3.8, 4) is 0 Å². The number of anilines is 2. The lowest BCUT2D eigenvalue weighted by Crippen LogP contribution is -2.50. The van der Waals surface area contributed by atoms with Gasteiger partial charge in [0, 0.05) is 68.0 Å². The summed E-state index contributed by atoms with van der Waals surface area (Å²) in [6.45, 7) is 7.58. The van der Waals surface area contributed by atoms with Crippen molar-refractivity contribution in [3.63, 3.8) is 0 Å². The number of benzene rings is 2. The van der Waals surface area contributed by atoms with Gasteiger partial charge in [-0.3, -0.25) is 9.80 Å². The van der Waals surface area contributed by atoms with E-state index in [2.05, 4.69) is 48.9 Å². The van der Waals surface area contributed by atoms with Crippen molar-refractivity contribution in [2.45, 2.75) is 19.0 Å². The molecule has 0 bridgehead atoms. The van der Waals surface area contributed by atoms with E-state index in [9.17, 15) is 0 Å². The third-order valence-electron chi connectivity index (χ3n) is 6.40. The van der Waals surface area contributed by atoms with E-state index in [1.54, 1.807) is 0 Å². The number of nitrogens with two attached hydrogens (primary N) is 1. The Balaban J connectivity index is 1.16. The van der Waals surface area contributed by atoms with Crippen molar-refractivity contribution in [2.24, 2.45) is 0 Å². The molecule has 2 N–H and O–H groups in total. The molecule has 2 aliphatic rings. The van der Waals surface area contributed by atoms with Crippen molar-refractivity contribution >= 4 is 34.0 Å². The van der Waals surface area contributed by atoms with Crippen LogP contribution < -0.4 is 10.6 Å². The van der Waals surface area contributed by atoms with Gasteiger partial charge in [0.1, 0.15) is 12.1 Å². The average Bonchev–Trinajstić information content (AvgIpc) is 3.25. The predicted molar refractivity (Wildman–Crippen MR) is 123 cm³/mol. The zero-order valence-corrected chi connectivity index (χ0v) is 17.8. The number of halogens is 1. The van der Waals surface area contributed by atoms with Crippen LogP contribution in [0.3, 0.4) is 0 Å². The molecule has 2 aromatic carbocycles. The number of piperazine rings is 1. The number of nitrogens with zero attached hydrogens (tertiary/aromatic N) is 5. The number of rotatable bonds is 4. The summed E-state index contributed by atoms with van der Waals surface area (Å²) in [5.41, 5.74) is 9.38. The topological polar surface area (TPSA) is 61.5 Å². The summed E-state index contributed by atoms with van der Waals surface area (Å²) in [6.07, 6.45) is 2.76. The van der Waals surface area contributed by atoms with E-state index in [4.69, 9.17) is 17.3 Å². The fraction of sp³-hybridized carbons (Fsp3) is 0.391. The second-order valence-electron chi connectivity index (χ2n) is 8.29. The number of hydrogen-bond acceptors (Lipinski definition) is 6. The lowest BCUT2D eigenvalue weighted by atomic mass is 10.1. The Hall–Kier alpha value is -2.41. The highest BCUT2D eigenvalue weighted by Gasteiger charge is 2.30. The molecule has 0 amide bonds. The maximum atomic E-state index is 6.17. The molecular formula is C23H27ClN6. The minimum atomic E-state index is 0.545. The highest BCUT2D eigenvalue weighted by atomic mass is 35.5. The molecule has 2 saturated heterocycles. The molecule has 7 heteroatoms. The average molecular weight is 423 g/mol. The molecule has 30 heavy (non-hydrogen) atoms. The molecule has 0 radical (unpaired) electrons. The first kappa shape index (κ1) is 19.5. The molecule has 2 aliphatic heterocycles. The normalized spacial score (nSPS) is 20.8. The van der Waals surface area contributed by atoms with Gasteiger partial charge in [-0.2, -0.15) is 0 Å². The van der Waals surface area contributed by atoms with Gasteiger partial charge in [0.2, 0.25) is 0 Å². The molecule has 1 atom stereocenters. The van der Waals surface area contributed by atoms with E-state index < -0.39 is 0 Å². The number of fused-ring (bicyclic) bond motifs is 1. The Bertz CT molecular complexity index is 1030. The third-order valence-corrected chi connectivity index (χ3v) is 6.63. The van der Waals surface area contributed by atoms with Crippen LogP contribution in [0.15, 0.2) is 48.8 Å². The number of aromatic nitrogens is 2. The zero-order chi connectivity index (χ0) is 20.5. The van der Waals surface area contributed by atoms with E-state index in [0.717, 1.165) is 61.7 Å². The molecule has 5 rings (SSSR count). The molecule has 0 spiro atoms. The fourth-order valence-electron chi connectivity index (χ4n) is 4.71. The summed E-state index contributed by atoms with van der Waals surface area (Å²) >= 11 is 6.17. The molecule has 0 saturated carbocycles. The van der Waals surface area contributed by atoms with Crippen LogP contribution in [0.25, 0.3) is 10.9 Å². The molecule has 2 fully saturated rings. The Morgan fingerprint density at radius 2 is 1.87 bits per heavy atom. The maximum absolute atomic E-state index is 6.17. The van der Waals surface area contributed by atoms with E-state index >= 15 is 0 Å². The molecular weight excluding hydrogens is 396 g/mol. The van der Waals surface area contributed by atoms with E-state index in [1.165, 1.54) is 24.0 Å². The van der Waals surface area contributed by atoms with Gasteiger partial charge in [-0.05, 0) is 42.3 Å². The first-order valence-electron chi connectivity index (χ1n) is 10.6. The van der Waals surface area contributed by atoms with E-state index in [1.807, 2.05) is 18.2 Å². The molecule has 1 aromatic heterocycles. The van der Waals surface area contributed by atoms with Crippen molar-refractivity contribution in [1.82, 2.24) is 19.8 Å². The summed E-state index contributed by atoms with van der Waals surface area (Å²) in [5.74, 6) is 0.545. The molecule has 3 aromatic rings. The zero-order valence-electron chi connectivity index (χ0n) is 17.0. The van der Waals surface area contributed by atoms with Crippen LogP contribution in [-0.2, 0) is 6.54 Å². The van der Waals surface area contributed by atoms with Gasteiger partial charge >= 0.3 is 0 Å². The van der Waals surface area contributed by atoms with Gasteiger partial charge in [-0.15, -0.1) is 0 Å². The van der Waals surface area contributed by atoms with Gasteiger partial charge < -0.3 is 10.6 Å². The largest absolute Gasteiger partial charge is 0.383 e. The molecule has 1 unspecified atom stereocenters. The SMILES string of the molecule is Nc1ncnc2cc(CN3CCN(C4CCN(c5cccc(Cl)c5)C4)CC3)ccc12. The molecule has 3 heterocycles. The van der Waals surface area contributed by atoms with Crippen molar-refractivity contribution in [2.75, 3.05) is 49.9 Å². The first-order valence-corrected chi connectivity index (χ1v) is 11.0. The van der Waals surface area contributed by atoms with Gasteiger partial charge in [-0.1, -0.05) is 23.7 Å². The van der Waals surface area contributed by atoms with Crippen molar-refractivity contribution < 1.29 is 0 Å². The summed E-state index contributed by atoms with van der Waals surface area (Å²) in [5, 5.41) is 1.74. The Morgan fingerprint density at radius 3 is 2.70 bits per heavy atom. The Labute approximate surface area is 182 Å². The van der Waals surface area contributed by atoms with Gasteiger partial charge in [0.15, 0.2) is 0 Å². The molecule has 6 nitrogen and oxygen atoms in total. The van der Waals surface area contributed by atoms with E-state index in [0.29, 0.717) is 11.9 Å². The summed E-state index contributed by atoms with van der Waals surface area (Å²) in [4.78, 5) is 16.1. The first-order chi connectivity index (χ1) is 14.7. The smallest absolute Gasteiger partial charge is 0.134 e. The van der Waals surface area contributed by atoms with Crippen LogP contribution in [-0.4, -0.2) is 65.1 Å². The predicted octanol–water partition coefficient (Wildman–Crippen LogP) is 3.26. The lowest BCUT2D eigenvalue weighted by molar-refractivity contribution is 0.0987. The quantitative estimate of drug-likeness (QED) is 0.696. The van der Waals surface area contributed by atoms with Crippen LogP contribution in [0, 0.1) is 0 Å². The third kappa shape index (κ3) is 4.08. The van der Waals surface area contributed by atoms with Crippen LogP contribution in [0.2, 0.25) is 5.02 Å². The van der Waals surface area contributed by atoms with Gasteiger partial charge in [-0.25, -0.2) is 9.97 Å². The van der Waals surface area contributed by atoms with Gasteiger partial charge in [0.05, 0.1) is 5.52 Å².